The number of pyridine rings is 1. The first-order valence-electron chi connectivity index (χ1n) is 5.61. The summed E-state index contributed by atoms with van der Waals surface area (Å²) in [5.74, 6) is 1.63. The van der Waals surface area contributed by atoms with E-state index in [0.717, 1.165) is 23.6 Å². The van der Waals surface area contributed by atoms with Crippen LogP contribution in [0.15, 0.2) is 42.7 Å². The van der Waals surface area contributed by atoms with E-state index >= 15 is 0 Å². The average Bonchev–Trinajstić information content (AvgIpc) is 2.34. The summed E-state index contributed by atoms with van der Waals surface area (Å²) in [6, 6.07) is 9.93. The SMILES string of the molecule is CNCc1cc(C)ccc1Oc1cccnc1. The highest BCUT2D eigenvalue weighted by Crippen LogP contribution is 2.25. The van der Waals surface area contributed by atoms with Crippen LogP contribution >= 0.6 is 0 Å². The lowest BCUT2D eigenvalue weighted by Crippen LogP contribution is -2.06. The molecule has 1 aromatic carbocycles. The van der Waals surface area contributed by atoms with Gasteiger partial charge in [-0.25, -0.2) is 0 Å². The summed E-state index contributed by atoms with van der Waals surface area (Å²) in [7, 11) is 1.93. The van der Waals surface area contributed by atoms with Gasteiger partial charge in [0.25, 0.3) is 0 Å². The van der Waals surface area contributed by atoms with E-state index in [-0.39, 0.29) is 0 Å². The van der Waals surface area contributed by atoms with Crippen molar-refractivity contribution < 1.29 is 4.74 Å². The molecule has 88 valence electrons. The van der Waals surface area contributed by atoms with Gasteiger partial charge in [0.2, 0.25) is 0 Å². The van der Waals surface area contributed by atoms with Crippen molar-refractivity contribution in [3.63, 3.8) is 0 Å². The van der Waals surface area contributed by atoms with Crippen molar-refractivity contribution in [1.82, 2.24) is 10.3 Å². The van der Waals surface area contributed by atoms with E-state index < -0.39 is 0 Å². The molecule has 0 fully saturated rings. The number of benzene rings is 1. The molecule has 0 radical (unpaired) electrons. The van der Waals surface area contributed by atoms with Crippen molar-refractivity contribution in [1.29, 1.82) is 0 Å². The molecule has 0 saturated carbocycles. The second-order valence-corrected chi connectivity index (χ2v) is 3.93. The zero-order valence-electron chi connectivity index (χ0n) is 10.1. The fraction of sp³-hybridized carbons (Fsp3) is 0.214. The van der Waals surface area contributed by atoms with Crippen LogP contribution < -0.4 is 10.1 Å². The van der Waals surface area contributed by atoms with E-state index in [1.807, 2.05) is 31.3 Å². The molecular formula is C14H16N2O. The Labute approximate surface area is 101 Å². The number of nitrogens with one attached hydrogen (secondary N) is 1. The van der Waals surface area contributed by atoms with E-state index in [4.69, 9.17) is 4.74 Å². The molecule has 2 aromatic rings. The van der Waals surface area contributed by atoms with Crippen LogP contribution in [0, 0.1) is 6.92 Å². The van der Waals surface area contributed by atoms with Crippen molar-refractivity contribution in [2.45, 2.75) is 13.5 Å². The highest BCUT2D eigenvalue weighted by Gasteiger charge is 2.04. The largest absolute Gasteiger partial charge is 0.455 e. The number of ether oxygens (including phenoxy) is 1. The molecule has 0 amide bonds. The maximum atomic E-state index is 5.81. The molecule has 0 spiro atoms. The first-order chi connectivity index (χ1) is 8.29. The Morgan fingerprint density at radius 1 is 1.29 bits per heavy atom. The highest BCUT2D eigenvalue weighted by molar-refractivity contribution is 5.39. The lowest BCUT2D eigenvalue weighted by Gasteiger charge is -2.11. The molecule has 0 aliphatic carbocycles. The molecule has 0 aliphatic rings. The van der Waals surface area contributed by atoms with Gasteiger partial charge in [-0.1, -0.05) is 17.7 Å². The minimum atomic E-state index is 0.758. The van der Waals surface area contributed by atoms with Gasteiger partial charge in [0.05, 0.1) is 6.20 Å². The Morgan fingerprint density at radius 3 is 2.88 bits per heavy atom. The third-order valence-corrected chi connectivity index (χ3v) is 2.45. The van der Waals surface area contributed by atoms with E-state index in [2.05, 4.69) is 23.3 Å². The van der Waals surface area contributed by atoms with Gasteiger partial charge in [0.15, 0.2) is 0 Å². The second-order valence-electron chi connectivity index (χ2n) is 3.93. The quantitative estimate of drug-likeness (QED) is 0.873. The lowest BCUT2D eigenvalue weighted by atomic mass is 10.1. The minimum Gasteiger partial charge on any atom is -0.455 e. The van der Waals surface area contributed by atoms with Crippen molar-refractivity contribution >= 4 is 0 Å². The summed E-state index contributed by atoms with van der Waals surface area (Å²) in [5, 5.41) is 3.14. The molecule has 1 heterocycles. The molecule has 0 bridgehead atoms. The molecule has 3 nitrogen and oxygen atoms in total. The van der Waals surface area contributed by atoms with Gasteiger partial charge in [0.1, 0.15) is 11.5 Å². The summed E-state index contributed by atoms with van der Waals surface area (Å²) in [6.45, 7) is 2.87. The summed E-state index contributed by atoms with van der Waals surface area (Å²) in [5.41, 5.74) is 2.38. The Morgan fingerprint density at radius 2 is 2.18 bits per heavy atom. The molecule has 1 N–H and O–H groups in total. The van der Waals surface area contributed by atoms with Crippen molar-refractivity contribution in [2.75, 3.05) is 7.05 Å². The smallest absolute Gasteiger partial charge is 0.145 e. The zero-order chi connectivity index (χ0) is 12.1. The zero-order valence-corrected chi connectivity index (χ0v) is 10.1. The number of aromatic nitrogens is 1. The van der Waals surface area contributed by atoms with Crippen LogP contribution in [0.5, 0.6) is 11.5 Å². The molecule has 17 heavy (non-hydrogen) atoms. The molecule has 2 rings (SSSR count). The third-order valence-electron chi connectivity index (χ3n) is 2.45. The predicted octanol–water partition coefficient (Wildman–Crippen LogP) is 2.90. The van der Waals surface area contributed by atoms with E-state index in [1.165, 1.54) is 5.56 Å². The van der Waals surface area contributed by atoms with E-state index in [1.54, 1.807) is 12.4 Å². The number of hydrogen-bond acceptors (Lipinski definition) is 3. The van der Waals surface area contributed by atoms with Crippen LogP contribution in [0.25, 0.3) is 0 Å². The van der Waals surface area contributed by atoms with Crippen LogP contribution in [-0.4, -0.2) is 12.0 Å². The van der Waals surface area contributed by atoms with Crippen LogP contribution in [0.2, 0.25) is 0 Å². The number of rotatable bonds is 4. The Hall–Kier alpha value is -1.87. The molecule has 1 aromatic heterocycles. The maximum absolute atomic E-state index is 5.81. The molecule has 0 aliphatic heterocycles. The summed E-state index contributed by atoms with van der Waals surface area (Å²) in [6.07, 6.45) is 3.44. The molecule has 0 unspecified atom stereocenters. The first-order valence-corrected chi connectivity index (χ1v) is 5.61. The Kier molecular flexibility index (Phi) is 3.73. The van der Waals surface area contributed by atoms with Crippen LogP contribution in [0.4, 0.5) is 0 Å². The summed E-state index contributed by atoms with van der Waals surface area (Å²) < 4.78 is 5.81. The van der Waals surface area contributed by atoms with Gasteiger partial charge >= 0.3 is 0 Å². The van der Waals surface area contributed by atoms with Gasteiger partial charge in [0, 0.05) is 18.3 Å². The fourth-order valence-corrected chi connectivity index (χ4v) is 1.67. The molecule has 3 heteroatoms. The van der Waals surface area contributed by atoms with Crippen LogP contribution in [0.1, 0.15) is 11.1 Å². The maximum Gasteiger partial charge on any atom is 0.145 e. The number of nitrogens with zero attached hydrogens (tertiary/aromatic N) is 1. The van der Waals surface area contributed by atoms with Gasteiger partial charge in [-0.05, 0) is 32.2 Å². The van der Waals surface area contributed by atoms with Crippen molar-refractivity contribution in [3.8, 4) is 11.5 Å². The molecule has 0 atom stereocenters. The van der Waals surface area contributed by atoms with E-state index in [9.17, 15) is 0 Å². The van der Waals surface area contributed by atoms with Gasteiger partial charge < -0.3 is 10.1 Å². The Balaban J connectivity index is 2.26. The van der Waals surface area contributed by atoms with Crippen molar-refractivity contribution in [2.24, 2.45) is 0 Å². The molecule has 0 saturated heterocycles. The van der Waals surface area contributed by atoms with Gasteiger partial charge in [-0.2, -0.15) is 0 Å². The normalized spacial score (nSPS) is 10.2. The van der Waals surface area contributed by atoms with E-state index in [0.29, 0.717) is 0 Å². The average molecular weight is 228 g/mol. The number of aryl methyl sites for hydroxylation is 1. The monoisotopic (exact) mass is 228 g/mol. The van der Waals surface area contributed by atoms with Crippen molar-refractivity contribution in [3.05, 3.63) is 53.9 Å². The Bertz CT molecular complexity index is 483. The second kappa shape index (κ2) is 5.46. The topological polar surface area (TPSA) is 34.1 Å². The first kappa shape index (κ1) is 11.6. The summed E-state index contributed by atoms with van der Waals surface area (Å²) in [4.78, 5) is 4.03. The predicted molar refractivity (Wildman–Crippen MR) is 68.3 cm³/mol. The minimum absolute atomic E-state index is 0.758. The van der Waals surface area contributed by atoms with Gasteiger partial charge in [-0.3, -0.25) is 4.98 Å². The van der Waals surface area contributed by atoms with Crippen LogP contribution in [-0.2, 0) is 6.54 Å². The summed E-state index contributed by atoms with van der Waals surface area (Å²) >= 11 is 0. The number of hydrogen-bond donors (Lipinski definition) is 1. The lowest BCUT2D eigenvalue weighted by molar-refractivity contribution is 0.472. The third kappa shape index (κ3) is 3.04. The highest BCUT2D eigenvalue weighted by atomic mass is 16.5. The molecular weight excluding hydrogens is 212 g/mol. The standard InChI is InChI=1S/C14H16N2O/c1-11-5-6-14(12(8-11)9-15-2)17-13-4-3-7-16-10-13/h3-8,10,15H,9H2,1-2H3. The van der Waals surface area contributed by atoms with Crippen LogP contribution in [0.3, 0.4) is 0 Å². The fourth-order valence-electron chi connectivity index (χ4n) is 1.67. The van der Waals surface area contributed by atoms with Gasteiger partial charge in [-0.15, -0.1) is 0 Å².